The number of hydrogen-bond acceptors (Lipinski definition) is 7. The zero-order valence-electron chi connectivity index (χ0n) is 16.6. The van der Waals surface area contributed by atoms with Crippen molar-refractivity contribution in [2.24, 2.45) is 5.10 Å². The van der Waals surface area contributed by atoms with Crippen molar-refractivity contribution in [1.29, 1.82) is 0 Å². The normalized spacial score (nSPS) is 10.9. The molecule has 0 unspecified atom stereocenters. The minimum atomic E-state index is -0.440. The van der Waals surface area contributed by atoms with Crippen LogP contribution in [0.2, 0.25) is 0 Å². The number of aromatic nitrogens is 1. The number of rotatable bonds is 8. The van der Waals surface area contributed by atoms with Crippen LogP contribution in [0, 0.1) is 15.9 Å². The van der Waals surface area contributed by atoms with Gasteiger partial charge >= 0.3 is 0 Å². The molecule has 1 N–H and O–H groups in total. The molecule has 0 aliphatic rings. The minimum Gasteiger partial charge on any atom is -0.488 e. The Morgan fingerprint density at radius 3 is 2.62 bits per heavy atom. The van der Waals surface area contributed by atoms with Crippen LogP contribution in [-0.2, 0) is 6.61 Å². The molecule has 0 spiro atoms. The molecule has 160 valence electrons. The third-order valence-corrected chi connectivity index (χ3v) is 5.25. The number of benzene rings is 3. The van der Waals surface area contributed by atoms with Crippen LogP contribution in [0.4, 0.5) is 15.2 Å². The van der Waals surface area contributed by atoms with Gasteiger partial charge in [-0.2, -0.15) is 5.10 Å². The lowest BCUT2D eigenvalue weighted by Gasteiger charge is -2.09. The number of nitro benzene ring substituents is 1. The number of thiazole rings is 1. The second-order valence-electron chi connectivity index (χ2n) is 6.63. The number of hydrazone groups is 1. The summed E-state index contributed by atoms with van der Waals surface area (Å²) in [6, 6.07) is 20.0. The number of halogens is 1. The Labute approximate surface area is 187 Å². The van der Waals surface area contributed by atoms with Crippen LogP contribution in [0.15, 0.2) is 83.3 Å². The second kappa shape index (κ2) is 9.80. The average molecular weight is 448 g/mol. The Hall–Kier alpha value is -4.11. The molecule has 0 aliphatic heterocycles. The maximum atomic E-state index is 13.8. The van der Waals surface area contributed by atoms with Crippen molar-refractivity contribution >= 4 is 28.4 Å². The van der Waals surface area contributed by atoms with E-state index in [-0.39, 0.29) is 18.1 Å². The number of nitro groups is 1. The summed E-state index contributed by atoms with van der Waals surface area (Å²) < 4.78 is 19.6. The van der Waals surface area contributed by atoms with Crippen molar-refractivity contribution in [3.8, 4) is 17.0 Å². The number of nitrogens with one attached hydrogen (secondary N) is 1. The first-order valence-corrected chi connectivity index (χ1v) is 10.4. The van der Waals surface area contributed by atoms with Crippen molar-refractivity contribution in [2.75, 3.05) is 5.43 Å². The molecular weight excluding hydrogens is 431 g/mol. The molecule has 1 heterocycles. The predicted molar refractivity (Wildman–Crippen MR) is 123 cm³/mol. The maximum Gasteiger partial charge on any atom is 0.269 e. The van der Waals surface area contributed by atoms with Crippen molar-refractivity contribution in [3.05, 3.63) is 105 Å². The Balaban J connectivity index is 1.40. The minimum absolute atomic E-state index is 0.0304. The van der Waals surface area contributed by atoms with Crippen LogP contribution in [0.3, 0.4) is 0 Å². The highest BCUT2D eigenvalue weighted by Crippen LogP contribution is 2.26. The van der Waals surface area contributed by atoms with Crippen molar-refractivity contribution < 1.29 is 14.1 Å². The molecule has 1 aromatic heterocycles. The van der Waals surface area contributed by atoms with E-state index in [0.717, 1.165) is 11.1 Å². The topological polar surface area (TPSA) is 89.7 Å². The lowest BCUT2D eigenvalue weighted by molar-refractivity contribution is -0.384. The SMILES string of the molecule is O=[N+]([O-])c1ccc(-c2csc(N/N=C/c3ccccc3OCc3ccccc3F)n2)cc1. The monoisotopic (exact) mass is 448 g/mol. The van der Waals surface area contributed by atoms with Crippen LogP contribution < -0.4 is 10.2 Å². The number of hydrogen-bond donors (Lipinski definition) is 1. The quantitative estimate of drug-likeness (QED) is 0.206. The van der Waals surface area contributed by atoms with Crippen LogP contribution in [-0.4, -0.2) is 16.1 Å². The molecule has 9 heteroatoms. The van der Waals surface area contributed by atoms with Crippen LogP contribution >= 0.6 is 11.3 Å². The van der Waals surface area contributed by atoms with E-state index in [1.807, 2.05) is 23.6 Å². The van der Waals surface area contributed by atoms with E-state index in [1.165, 1.54) is 29.5 Å². The van der Waals surface area contributed by atoms with E-state index in [4.69, 9.17) is 4.74 Å². The molecule has 4 rings (SSSR count). The highest BCUT2D eigenvalue weighted by atomic mass is 32.1. The highest BCUT2D eigenvalue weighted by molar-refractivity contribution is 7.14. The van der Waals surface area contributed by atoms with E-state index in [2.05, 4.69) is 15.5 Å². The molecule has 3 aromatic carbocycles. The van der Waals surface area contributed by atoms with Crippen molar-refractivity contribution in [3.63, 3.8) is 0 Å². The summed E-state index contributed by atoms with van der Waals surface area (Å²) in [5.41, 5.74) is 5.57. The number of anilines is 1. The molecule has 0 saturated carbocycles. The van der Waals surface area contributed by atoms with E-state index in [0.29, 0.717) is 22.1 Å². The summed E-state index contributed by atoms with van der Waals surface area (Å²) in [4.78, 5) is 14.8. The molecule has 0 radical (unpaired) electrons. The van der Waals surface area contributed by atoms with E-state index < -0.39 is 4.92 Å². The van der Waals surface area contributed by atoms with Gasteiger partial charge in [-0.1, -0.05) is 30.3 Å². The molecule has 7 nitrogen and oxygen atoms in total. The van der Waals surface area contributed by atoms with Gasteiger partial charge in [-0.25, -0.2) is 9.37 Å². The van der Waals surface area contributed by atoms with Gasteiger partial charge in [0.15, 0.2) is 0 Å². The fourth-order valence-electron chi connectivity index (χ4n) is 2.86. The number of nitrogens with zero attached hydrogens (tertiary/aromatic N) is 3. The summed E-state index contributed by atoms with van der Waals surface area (Å²) in [5, 5.41) is 17.4. The lowest BCUT2D eigenvalue weighted by Crippen LogP contribution is -2.01. The molecule has 0 amide bonds. The van der Waals surface area contributed by atoms with Gasteiger partial charge in [-0.05, 0) is 30.3 Å². The van der Waals surface area contributed by atoms with Gasteiger partial charge in [0, 0.05) is 34.2 Å². The van der Waals surface area contributed by atoms with Gasteiger partial charge in [-0.15, -0.1) is 11.3 Å². The van der Waals surface area contributed by atoms with E-state index >= 15 is 0 Å². The number of ether oxygens (including phenoxy) is 1. The average Bonchev–Trinajstić information content (AvgIpc) is 3.28. The molecule has 0 aliphatic carbocycles. The predicted octanol–water partition coefficient (Wildman–Crippen LogP) is 5.88. The van der Waals surface area contributed by atoms with Gasteiger partial charge in [0.05, 0.1) is 16.8 Å². The largest absolute Gasteiger partial charge is 0.488 e. The fraction of sp³-hybridized carbons (Fsp3) is 0.0435. The molecular formula is C23H17FN4O3S. The Bertz CT molecular complexity index is 1260. The second-order valence-corrected chi connectivity index (χ2v) is 7.49. The Kier molecular flexibility index (Phi) is 6.47. The van der Waals surface area contributed by atoms with Crippen LogP contribution in [0.25, 0.3) is 11.3 Å². The van der Waals surface area contributed by atoms with Gasteiger partial charge in [0.25, 0.3) is 5.69 Å². The first-order valence-electron chi connectivity index (χ1n) is 9.55. The summed E-state index contributed by atoms with van der Waals surface area (Å²) >= 11 is 1.36. The summed E-state index contributed by atoms with van der Waals surface area (Å²) in [6.07, 6.45) is 1.60. The lowest BCUT2D eigenvalue weighted by atomic mass is 10.1. The van der Waals surface area contributed by atoms with Crippen LogP contribution in [0.5, 0.6) is 5.75 Å². The molecule has 0 bridgehead atoms. The third-order valence-electron chi connectivity index (χ3n) is 4.50. The molecule has 4 aromatic rings. The zero-order valence-corrected chi connectivity index (χ0v) is 17.5. The zero-order chi connectivity index (χ0) is 22.3. The van der Waals surface area contributed by atoms with Crippen LogP contribution in [0.1, 0.15) is 11.1 Å². The first kappa shape index (κ1) is 21.1. The van der Waals surface area contributed by atoms with Crippen molar-refractivity contribution in [2.45, 2.75) is 6.61 Å². The molecule has 0 atom stereocenters. The maximum absolute atomic E-state index is 13.8. The summed E-state index contributed by atoms with van der Waals surface area (Å²) in [6.45, 7) is 0.107. The summed E-state index contributed by atoms with van der Waals surface area (Å²) in [7, 11) is 0. The van der Waals surface area contributed by atoms with E-state index in [9.17, 15) is 14.5 Å². The third kappa shape index (κ3) is 5.13. The van der Waals surface area contributed by atoms with Gasteiger partial charge < -0.3 is 4.74 Å². The summed E-state index contributed by atoms with van der Waals surface area (Å²) in [5.74, 6) is 0.264. The number of non-ortho nitro benzene ring substituents is 1. The smallest absolute Gasteiger partial charge is 0.269 e. The molecule has 0 fully saturated rings. The van der Waals surface area contributed by atoms with Gasteiger partial charge in [-0.3, -0.25) is 15.5 Å². The fourth-order valence-corrected chi connectivity index (χ4v) is 3.53. The van der Waals surface area contributed by atoms with E-state index in [1.54, 1.807) is 42.6 Å². The Morgan fingerprint density at radius 1 is 1.09 bits per heavy atom. The van der Waals surface area contributed by atoms with Crippen molar-refractivity contribution in [1.82, 2.24) is 4.98 Å². The highest BCUT2D eigenvalue weighted by Gasteiger charge is 2.08. The standard InChI is InChI=1S/C23H17FN4O3S/c24-20-7-3-1-6-18(20)14-31-22-8-4-2-5-17(22)13-25-27-23-26-21(15-32-23)16-9-11-19(12-10-16)28(29)30/h1-13,15H,14H2,(H,26,27)/b25-13+. The molecule has 32 heavy (non-hydrogen) atoms. The molecule has 0 saturated heterocycles. The Morgan fingerprint density at radius 2 is 1.84 bits per heavy atom. The first-order chi connectivity index (χ1) is 15.6. The number of para-hydroxylation sites is 1. The van der Waals surface area contributed by atoms with Gasteiger partial charge in [0.2, 0.25) is 5.13 Å². The van der Waals surface area contributed by atoms with Gasteiger partial charge in [0.1, 0.15) is 18.2 Å².